The van der Waals surface area contributed by atoms with Gasteiger partial charge in [0.05, 0.1) is 0 Å². The van der Waals surface area contributed by atoms with Gasteiger partial charge in [0.2, 0.25) is 8.32 Å². The smallest absolute Gasteiger partial charge is 0.202 e. The molecule has 0 aromatic rings. The SMILES string of the molecule is CO[Si](C(C)C(C)(C)C)(C(C)C(C)(C)C)C(C)C(C)(C)C. The van der Waals surface area contributed by atoms with Crippen LogP contribution >= 0.6 is 0 Å². The number of hydrogen-bond acceptors (Lipinski definition) is 1. The Morgan fingerprint density at radius 3 is 0.857 bits per heavy atom. The third kappa shape index (κ3) is 4.34. The molecule has 0 aromatic heterocycles. The third-order valence-corrected chi connectivity index (χ3v) is 13.6. The first kappa shape index (κ1) is 21.2. The molecule has 0 saturated carbocycles. The molecule has 3 unspecified atom stereocenters. The molecule has 3 atom stereocenters. The van der Waals surface area contributed by atoms with Gasteiger partial charge in [0.1, 0.15) is 0 Å². The molecule has 0 aliphatic rings. The van der Waals surface area contributed by atoms with E-state index < -0.39 is 8.32 Å². The van der Waals surface area contributed by atoms with Gasteiger partial charge in [-0.1, -0.05) is 83.1 Å². The van der Waals surface area contributed by atoms with E-state index in [1.54, 1.807) is 0 Å². The molecule has 0 fully saturated rings. The van der Waals surface area contributed by atoms with E-state index in [1.807, 2.05) is 7.11 Å². The second-order valence-electron chi connectivity index (χ2n) is 10.3. The molecular formula is C19H42OSi. The zero-order valence-corrected chi connectivity index (χ0v) is 18.1. The highest BCUT2D eigenvalue weighted by Crippen LogP contribution is 2.58. The summed E-state index contributed by atoms with van der Waals surface area (Å²) in [4.78, 5) is 0. The predicted octanol–water partition coefficient (Wildman–Crippen LogP) is 6.89. The van der Waals surface area contributed by atoms with Crippen molar-refractivity contribution < 1.29 is 4.43 Å². The molecule has 0 heterocycles. The maximum atomic E-state index is 6.54. The third-order valence-electron chi connectivity index (χ3n) is 6.28. The van der Waals surface area contributed by atoms with Crippen molar-refractivity contribution in [2.45, 2.75) is 99.7 Å². The minimum atomic E-state index is -1.99. The van der Waals surface area contributed by atoms with Crippen molar-refractivity contribution >= 4 is 8.32 Å². The van der Waals surface area contributed by atoms with Crippen LogP contribution in [-0.4, -0.2) is 15.4 Å². The molecule has 0 aliphatic carbocycles. The average molecular weight is 315 g/mol. The van der Waals surface area contributed by atoms with Crippen LogP contribution in [0.1, 0.15) is 83.1 Å². The van der Waals surface area contributed by atoms with E-state index in [2.05, 4.69) is 83.1 Å². The van der Waals surface area contributed by atoms with E-state index in [1.165, 1.54) is 0 Å². The number of hydrogen-bond donors (Lipinski definition) is 0. The average Bonchev–Trinajstić information content (AvgIpc) is 2.26. The first-order chi connectivity index (χ1) is 9.02. The summed E-state index contributed by atoms with van der Waals surface area (Å²) in [6.45, 7) is 28.7. The summed E-state index contributed by atoms with van der Waals surface area (Å²) >= 11 is 0. The fourth-order valence-electron chi connectivity index (χ4n) is 3.69. The largest absolute Gasteiger partial charge is 0.419 e. The van der Waals surface area contributed by atoms with Crippen LogP contribution in [-0.2, 0) is 4.43 Å². The Bertz CT molecular complexity index is 277. The summed E-state index contributed by atoms with van der Waals surface area (Å²) in [6, 6.07) is 0. The van der Waals surface area contributed by atoms with Crippen molar-refractivity contribution in [3.63, 3.8) is 0 Å². The van der Waals surface area contributed by atoms with E-state index in [4.69, 9.17) is 4.43 Å². The summed E-state index contributed by atoms with van der Waals surface area (Å²) in [5.41, 5.74) is 2.67. The highest BCUT2D eigenvalue weighted by Gasteiger charge is 2.58. The van der Waals surface area contributed by atoms with Gasteiger partial charge in [-0.3, -0.25) is 0 Å². The Labute approximate surface area is 136 Å². The van der Waals surface area contributed by atoms with Gasteiger partial charge in [-0.25, -0.2) is 0 Å². The summed E-state index contributed by atoms with van der Waals surface area (Å²) in [5, 5.41) is 0. The van der Waals surface area contributed by atoms with Crippen LogP contribution in [0.4, 0.5) is 0 Å². The summed E-state index contributed by atoms with van der Waals surface area (Å²) in [5.74, 6) is 0. The van der Waals surface area contributed by atoms with Gasteiger partial charge in [0.25, 0.3) is 0 Å². The molecule has 0 N–H and O–H groups in total. The molecule has 2 heteroatoms. The molecule has 0 aromatic carbocycles. The zero-order valence-electron chi connectivity index (χ0n) is 17.1. The maximum Gasteiger partial charge on any atom is 0.202 e. The normalized spacial score (nSPS) is 21.6. The standard InChI is InChI=1S/C19H42OSi/c1-14(17(4,5)6)21(20-13,15(2)18(7,8)9)16(3)19(10,11)12/h14-16H,1-13H3. The lowest BCUT2D eigenvalue weighted by Gasteiger charge is -2.55. The fourth-order valence-corrected chi connectivity index (χ4v) is 11.1. The summed E-state index contributed by atoms with van der Waals surface area (Å²) in [6.07, 6.45) is 0. The second-order valence-corrected chi connectivity index (χ2v) is 15.0. The highest BCUT2D eigenvalue weighted by atomic mass is 28.4. The molecular weight excluding hydrogens is 272 g/mol. The van der Waals surface area contributed by atoms with Crippen molar-refractivity contribution in [2.24, 2.45) is 16.2 Å². The molecule has 21 heavy (non-hydrogen) atoms. The Kier molecular flexibility index (Phi) is 6.41. The molecule has 0 aliphatic heterocycles. The quantitative estimate of drug-likeness (QED) is 0.513. The minimum Gasteiger partial charge on any atom is -0.419 e. The van der Waals surface area contributed by atoms with Crippen LogP contribution in [0.15, 0.2) is 0 Å². The molecule has 0 bridgehead atoms. The Morgan fingerprint density at radius 1 is 0.571 bits per heavy atom. The summed E-state index contributed by atoms with van der Waals surface area (Å²) in [7, 11) is -0.000856. The van der Waals surface area contributed by atoms with Crippen molar-refractivity contribution in [3.05, 3.63) is 0 Å². The van der Waals surface area contributed by atoms with Gasteiger partial charge in [-0.2, -0.15) is 0 Å². The van der Waals surface area contributed by atoms with Crippen LogP contribution in [0.25, 0.3) is 0 Å². The number of rotatable bonds is 4. The van der Waals surface area contributed by atoms with Crippen molar-refractivity contribution in [1.29, 1.82) is 0 Å². The van der Waals surface area contributed by atoms with Gasteiger partial charge in [-0.15, -0.1) is 0 Å². The first-order valence-corrected chi connectivity index (χ1v) is 10.7. The van der Waals surface area contributed by atoms with Crippen LogP contribution in [0, 0.1) is 16.2 Å². The van der Waals surface area contributed by atoms with E-state index in [0.29, 0.717) is 16.6 Å². The Hall–Kier alpha value is 0.177. The molecule has 0 spiro atoms. The lowest BCUT2D eigenvalue weighted by molar-refractivity contribution is 0.230. The second kappa shape index (κ2) is 6.35. The van der Waals surface area contributed by atoms with Crippen molar-refractivity contribution in [3.8, 4) is 0 Å². The first-order valence-electron chi connectivity index (χ1n) is 8.58. The van der Waals surface area contributed by atoms with Crippen LogP contribution in [0.2, 0.25) is 16.6 Å². The van der Waals surface area contributed by atoms with Gasteiger partial charge < -0.3 is 4.43 Å². The molecule has 1 nitrogen and oxygen atoms in total. The van der Waals surface area contributed by atoms with Crippen molar-refractivity contribution in [2.75, 3.05) is 7.11 Å². The molecule has 0 amide bonds. The fraction of sp³-hybridized carbons (Fsp3) is 1.00. The van der Waals surface area contributed by atoms with E-state index in [0.717, 1.165) is 0 Å². The summed E-state index contributed by atoms with van der Waals surface area (Å²) < 4.78 is 6.54. The van der Waals surface area contributed by atoms with Gasteiger partial charge >= 0.3 is 0 Å². The van der Waals surface area contributed by atoms with E-state index >= 15 is 0 Å². The monoisotopic (exact) mass is 314 g/mol. The molecule has 0 rings (SSSR count). The van der Waals surface area contributed by atoms with Gasteiger partial charge in [-0.05, 0) is 32.9 Å². The lowest BCUT2D eigenvalue weighted by atomic mass is 9.91. The van der Waals surface area contributed by atoms with Crippen LogP contribution < -0.4 is 0 Å². The van der Waals surface area contributed by atoms with E-state index in [-0.39, 0.29) is 16.2 Å². The molecule has 0 radical (unpaired) electrons. The van der Waals surface area contributed by atoms with E-state index in [9.17, 15) is 0 Å². The lowest BCUT2D eigenvalue weighted by Crippen LogP contribution is -2.58. The molecule has 128 valence electrons. The Morgan fingerprint density at radius 2 is 0.762 bits per heavy atom. The van der Waals surface area contributed by atoms with Crippen molar-refractivity contribution in [1.82, 2.24) is 0 Å². The van der Waals surface area contributed by atoms with Gasteiger partial charge in [0, 0.05) is 7.11 Å². The van der Waals surface area contributed by atoms with Gasteiger partial charge in [0.15, 0.2) is 0 Å². The zero-order chi connectivity index (χ0) is 17.4. The topological polar surface area (TPSA) is 9.23 Å². The van der Waals surface area contributed by atoms with Crippen LogP contribution in [0.5, 0.6) is 0 Å². The molecule has 0 saturated heterocycles. The minimum absolute atomic E-state index is 0.279. The van der Waals surface area contributed by atoms with Crippen LogP contribution in [0.3, 0.4) is 0 Å². The highest BCUT2D eigenvalue weighted by molar-refractivity contribution is 6.78. The Balaban J connectivity index is 6.20. The maximum absolute atomic E-state index is 6.54. The predicted molar refractivity (Wildman–Crippen MR) is 99.4 cm³/mol.